The molecule has 1 aliphatic rings. The Morgan fingerprint density at radius 3 is 2.55 bits per heavy atom. The number of rotatable bonds is 4. The van der Waals surface area contributed by atoms with Gasteiger partial charge in [-0.1, -0.05) is 13.8 Å². The molecule has 1 amide bonds. The Morgan fingerprint density at radius 1 is 1.30 bits per heavy atom. The maximum absolute atomic E-state index is 12.3. The van der Waals surface area contributed by atoms with Gasteiger partial charge >= 0.3 is 0 Å². The van der Waals surface area contributed by atoms with Crippen LogP contribution < -0.4 is 14.8 Å². The Bertz CT molecular complexity index is 545. The van der Waals surface area contributed by atoms with E-state index in [1.54, 1.807) is 18.2 Å². The molecule has 0 spiro atoms. The van der Waals surface area contributed by atoms with Crippen LogP contribution in [0.25, 0.3) is 0 Å². The predicted octanol–water partition coefficient (Wildman–Crippen LogP) is 2.73. The quantitative estimate of drug-likeness (QED) is 0.916. The molecule has 0 saturated carbocycles. The minimum Gasteiger partial charge on any atom is -0.486 e. The number of amides is 1. The number of fused-ring (bicyclic) bond motifs is 1. The number of ether oxygens (including phenoxy) is 2. The second kappa shape index (κ2) is 5.83. The van der Waals surface area contributed by atoms with Crippen LogP contribution in [0, 0.1) is 16.7 Å². The van der Waals surface area contributed by atoms with E-state index < -0.39 is 5.41 Å². The first kappa shape index (κ1) is 14.2. The molecule has 20 heavy (non-hydrogen) atoms. The van der Waals surface area contributed by atoms with E-state index in [4.69, 9.17) is 9.47 Å². The number of nitriles is 1. The maximum Gasteiger partial charge on any atom is 0.244 e. The highest BCUT2D eigenvalue weighted by Crippen LogP contribution is 2.34. The van der Waals surface area contributed by atoms with Gasteiger partial charge in [0.25, 0.3) is 0 Å². The number of hydrogen-bond acceptors (Lipinski definition) is 4. The zero-order valence-corrected chi connectivity index (χ0v) is 11.7. The van der Waals surface area contributed by atoms with Crippen molar-refractivity contribution in [1.29, 1.82) is 5.26 Å². The van der Waals surface area contributed by atoms with Crippen LogP contribution in [-0.4, -0.2) is 19.1 Å². The van der Waals surface area contributed by atoms with Crippen LogP contribution in [0.3, 0.4) is 0 Å². The van der Waals surface area contributed by atoms with E-state index in [1.807, 2.05) is 13.8 Å². The minimum absolute atomic E-state index is 0.276. The molecule has 1 aromatic carbocycles. The van der Waals surface area contributed by atoms with Gasteiger partial charge in [0, 0.05) is 11.8 Å². The Labute approximate surface area is 118 Å². The molecule has 106 valence electrons. The number of anilines is 1. The van der Waals surface area contributed by atoms with Crippen molar-refractivity contribution in [3.8, 4) is 17.6 Å². The molecule has 1 heterocycles. The summed E-state index contributed by atoms with van der Waals surface area (Å²) in [6.07, 6.45) is 0.965. The molecule has 5 heteroatoms. The lowest BCUT2D eigenvalue weighted by atomic mass is 9.83. The van der Waals surface area contributed by atoms with Gasteiger partial charge in [-0.3, -0.25) is 4.79 Å². The van der Waals surface area contributed by atoms with E-state index >= 15 is 0 Å². The molecule has 0 atom stereocenters. The van der Waals surface area contributed by atoms with Crippen LogP contribution >= 0.6 is 0 Å². The number of carbonyl (C=O) groups is 1. The van der Waals surface area contributed by atoms with Crippen molar-refractivity contribution in [3.05, 3.63) is 18.2 Å². The molecule has 1 N–H and O–H groups in total. The van der Waals surface area contributed by atoms with Gasteiger partial charge in [0.05, 0.1) is 6.07 Å². The molecule has 0 radical (unpaired) electrons. The molecular weight excluding hydrogens is 256 g/mol. The van der Waals surface area contributed by atoms with Crippen molar-refractivity contribution in [1.82, 2.24) is 0 Å². The lowest BCUT2D eigenvalue weighted by Gasteiger charge is -2.23. The van der Waals surface area contributed by atoms with Crippen molar-refractivity contribution in [2.75, 3.05) is 18.5 Å². The van der Waals surface area contributed by atoms with Crippen molar-refractivity contribution >= 4 is 11.6 Å². The van der Waals surface area contributed by atoms with Crippen LogP contribution in [0.15, 0.2) is 18.2 Å². The first-order valence-electron chi connectivity index (χ1n) is 6.77. The van der Waals surface area contributed by atoms with Crippen LogP contribution in [0.1, 0.15) is 26.7 Å². The summed E-state index contributed by atoms with van der Waals surface area (Å²) in [5, 5.41) is 12.1. The molecule has 2 rings (SSSR count). The number of hydrogen-bond donors (Lipinski definition) is 1. The maximum atomic E-state index is 12.3. The first-order chi connectivity index (χ1) is 9.65. The van der Waals surface area contributed by atoms with Crippen molar-refractivity contribution in [2.45, 2.75) is 26.7 Å². The van der Waals surface area contributed by atoms with Crippen LogP contribution in [0.2, 0.25) is 0 Å². The first-order valence-corrected chi connectivity index (χ1v) is 6.77. The standard InChI is InChI=1S/C15H18N2O3/c1-3-15(4-2,10-16)14(18)17-11-5-6-12-13(9-11)20-8-7-19-12/h5-6,9H,3-4,7-8H2,1-2H3,(H,17,18). The van der Waals surface area contributed by atoms with E-state index in [0.717, 1.165) is 0 Å². The third kappa shape index (κ3) is 2.55. The molecule has 0 saturated heterocycles. The van der Waals surface area contributed by atoms with Gasteiger partial charge in [0.2, 0.25) is 5.91 Å². The molecule has 0 bridgehead atoms. The van der Waals surface area contributed by atoms with E-state index in [-0.39, 0.29) is 5.91 Å². The predicted molar refractivity (Wildman–Crippen MR) is 74.7 cm³/mol. The van der Waals surface area contributed by atoms with E-state index in [2.05, 4.69) is 11.4 Å². The van der Waals surface area contributed by atoms with Crippen molar-refractivity contribution < 1.29 is 14.3 Å². The normalized spacial score (nSPS) is 13.4. The Hall–Kier alpha value is -2.22. The zero-order valence-electron chi connectivity index (χ0n) is 11.7. The molecule has 0 aromatic heterocycles. The summed E-state index contributed by atoms with van der Waals surface area (Å²) >= 11 is 0. The molecule has 1 aliphatic heterocycles. The number of benzene rings is 1. The van der Waals surface area contributed by atoms with Gasteiger partial charge in [0.15, 0.2) is 11.5 Å². The summed E-state index contributed by atoms with van der Waals surface area (Å²) in [7, 11) is 0. The second-order valence-electron chi connectivity index (χ2n) is 4.71. The highest BCUT2D eigenvalue weighted by atomic mass is 16.6. The highest BCUT2D eigenvalue weighted by Gasteiger charge is 2.35. The monoisotopic (exact) mass is 274 g/mol. The number of nitrogens with zero attached hydrogens (tertiary/aromatic N) is 1. The SMILES string of the molecule is CCC(C#N)(CC)C(=O)Nc1ccc2c(c1)OCCO2. The Kier molecular flexibility index (Phi) is 4.14. The molecule has 0 unspecified atom stereocenters. The van der Waals surface area contributed by atoms with Gasteiger partial charge in [-0.15, -0.1) is 0 Å². The van der Waals surface area contributed by atoms with Gasteiger partial charge in [-0.2, -0.15) is 5.26 Å². The smallest absolute Gasteiger partial charge is 0.244 e. The lowest BCUT2D eigenvalue weighted by molar-refractivity contribution is -0.123. The van der Waals surface area contributed by atoms with Crippen molar-refractivity contribution in [2.24, 2.45) is 5.41 Å². The van der Waals surface area contributed by atoms with E-state index in [9.17, 15) is 10.1 Å². The summed E-state index contributed by atoms with van der Waals surface area (Å²) in [6, 6.07) is 7.36. The van der Waals surface area contributed by atoms with Crippen LogP contribution in [-0.2, 0) is 4.79 Å². The molecule has 1 aromatic rings. The third-order valence-electron chi connectivity index (χ3n) is 3.66. The van der Waals surface area contributed by atoms with Gasteiger partial charge < -0.3 is 14.8 Å². The third-order valence-corrected chi connectivity index (χ3v) is 3.66. The number of nitrogens with one attached hydrogen (secondary N) is 1. The highest BCUT2D eigenvalue weighted by molar-refractivity contribution is 5.97. The average Bonchev–Trinajstić information content (AvgIpc) is 2.49. The topological polar surface area (TPSA) is 71.4 Å². The van der Waals surface area contributed by atoms with Crippen molar-refractivity contribution in [3.63, 3.8) is 0 Å². The van der Waals surface area contributed by atoms with E-state index in [1.165, 1.54) is 0 Å². The van der Waals surface area contributed by atoms with Gasteiger partial charge in [-0.25, -0.2) is 0 Å². The summed E-state index contributed by atoms with van der Waals surface area (Å²) in [6.45, 7) is 4.71. The van der Waals surface area contributed by atoms with Gasteiger partial charge in [0.1, 0.15) is 18.6 Å². The molecule has 5 nitrogen and oxygen atoms in total. The molecular formula is C15H18N2O3. The van der Waals surface area contributed by atoms with Gasteiger partial charge in [-0.05, 0) is 25.0 Å². The van der Waals surface area contributed by atoms with Crippen LogP contribution in [0.4, 0.5) is 5.69 Å². The van der Waals surface area contributed by atoms with E-state index in [0.29, 0.717) is 43.2 Å². The zero-order chi connectivity index (χ0) is 14.6. The summed E-state index contributed by atoms with van der Waals surface area (Å²) in [5.74, 6) is 1.01. The fourth-order valence-electron chi connectivity index (χ4n) is 2.15. The fraction of sp³-hybridized carbons (Fsp3) is 0.467. The summed E-state index contributed by atoms with van der Waals surface area (Å²) in [5.41, 5.74) is -0.367. The Balaban J connectivity index is 2.18. The second-order valence-corrected chi connectivity index (χ2v) is 4.71. The minimum atomic E-state index is -0.979. The molecule has 0 fully saturated rings. The van der Waals surface area contributed by atoms with Crippen LogP contribution in [0.5, 0.6) is 11.5 Å². The average molecular weight is 274 g/mol. The molecule has 0 aliphatic carbocycles. The lowest BCUT2D eigenvalue weighted by Crippen LogP contribution is -2.34. The summed E-state index contributed by atoms with van der Waals surface area (Å²) in [4.78, 5) is 12.3. The Morgan fingerprint density at radius 2 is 1.95 bits per heavy atom. The largest absolute Gasteiger partial charge is 0.486 e. The number of carbonyl (C=O) groups excluding carboxylic acids is 1. The fourth-order valence-corrected chi connectivity index (χ4v) is 2.15. The summed E-state index contributed by atoms with van der Waals surface area (Å²) < 4.78 is 10.9.